The summed E-state index contributed by atoms with van der Waals surface area (Å²) in [6.45, 7) is 3.55. The Kier molecular flexibility index (Phi) is 8.87. The summed E-state index contributed by atoms with van der Waals surface area (Å²) < 4.78 is 0. The fourth-order valence-electron chi connectivity index (χ4n) is 1.88. The molecule has 0 atom stereocenters. The van der Waals surface area contributed by atoms with Gasteiger partial charge in [0.05, 0.1) is 0 Å². The van der Waals surface area contributed by atoms with Gasteiger partial charge in [0.1, 0.15) is 5.82 Å². The van der Waals surface area contributed by atoms with E-state index in [2.05, 4.69) is 21.9 Å². The Morgan fingerprint density at radius 2 is 2.10 bits per heavy atom. The number of carbonyl (C=O) groups excluding carboxylic acids is 1. The van der Waals surface area contributed by atoms with Crippen LogP contribution in [-0.2, 0) is 0 Å². The van der Waals surface area contributed by atoms with Crippen LogP contribution in [0.2, 0.25) is 0 Å². The van der Waals surface area contributed by atoms with Crippen LogP contribution in [0.25, 0.3) is 0 Å². The van der Waals surface area contributed by atoms with Crippen LogP contribution in [0.5, 0.6) is 0 Å². The van der Waals surface area contributed by atoms with E-state index < -0.39 is 0 Å². The quantitative estimate of drug-likeness (QED) is 0.651. The van der Waals surface area contributed by atoms with Gasteiger partial charge in [-0.1, -0.05) is 12.8 Å². The number of rotatable bonds is 10. The second kappa shape index (κ2) is 10.5. The molecule has 20 heavy (non-hydrogen) atoms. The van der Waals surface area contributed by atoms with E-state index in [4.69, 9.17) is 0 Å². The average molecular weight is 295 g/mol. The highest BCUT2D eigenvalue weighted by molar-refractivity contribution is 7.98. The topological polar surface area (TPSA) is 54.0 Å². The zero-order valence-corrected chi connectivity index (χ0v) is 13.3. The first-order valence-corrected chi connectivity index (χ1v) is 8.64. The summed E-state index contributed by atoms with van der Waals surface area (Å²) in [5.74, 6) is 1.96. The highest BCUT2D eigenvalue weighted by Gasteiger charge is 2.05. The average Bonchev–Trinajstić information content (AvgIpc) is 2.47. The third-order valence-electron chi connectivity index (χ3n) is 2.94. The van der Waals surface area contributed by atoms with E-state index in [1.54, 1.807) is 18.3 Å². The molecule has 0 saturated carbocycles. The highest BCUT2D eigenvalue weighted by atomic mass is 32.2. The van der Waals surface area contributed by atoms with Gasteiger partial charge in [-0.15, -0.1) is 0 Å². The van der Waals surface area contributed by atoms with E-state index in [0.717, 1.165) is 25.3 Å². The number of carbonyl (C=O) groups is 1. The lowest BCUT2D eigenvalue weighted by Gasteiger charge is -2.07. The molecule has 2 N–H and O–H groups in total. The van der Waals surface area contributed by atoms with Crippen LogP contribution >= 0.6 is 11.8 Å². The van der Waals surface area contributed by atoms with Crippen LogP contribution in [-0.4, -0.2) is 36.0 Å². The second-order valence-corrected chi connectivity index (χ2v) is 5.61. The second-order valence-electron chi connectivity index (χ2n) is 4.62. The number of unbranched alkanes of at least 4 members (excludes halogenated alkanes) is 3. The lowest BCUT2D eigenvalue weighted by molar-refractivity contribution is 0.0953. The Morgan fingerprint density at radius 3 is 2.85 bits per heavy atom. The van der Waals surface area contributed by atoms with E-state index in [-0.39, 0.29) is 5.91 Å². The fraction of sp³-hybridized carbons (Fsp3) is 0.600. The van der Waals surface area contributed by atoms with Crippen molar-refractivity contribution in [2.75, 3.05) is 30.4 Å². The zero-order chi connectivity index (χ0) is 14.6. The van der Waals surface area contributed by atoms with Crippen LogP contribution in [0.15, 0.2) is 18.3 Å². The fourth-order valence-corrected chi connectivity index (χ4v) is 2.37. The first-order valence-electron chi connectivity index (χ1n) is 7.25. The van der Waals surface area contributed by atoms with E-state index in [0.29, 0.717) is 5.56 Å². The SMILES string of the molecule is CCNc1cc(C(=O)NCCCCCCSC)ccn1. The predicted octanol–water partition coefficient (Wildman–Crippen LogP) is 3.17. The number of hydrogen-bond acceptors (Lipinski definition) is 4. The standard InChI is InChI=1S/C15H25N3OS/c1-3-16-14-12-13(8-10-17-14)15(19)18-9-6-4-5-7-11-20-2/h8,10,12H,3-7,9,11H2,1-2H3,(H,16,17)(H,18,19). The first kappa shape index (κ1) is 16.8. The minimum absolute atomic E-state index is 0.0179. The Balaban J connectivity index is 2.23. The summed E-state index contributed by atoms with van der Waals surface area (Å²) in [4.78, 5) is 16.1. The molecular formula is C15H25N3OS. The van der Waals surface area contributed by atoms with Crippen LogP contribution in [0.1, 0.15) is 43.0 Å². The van der Waals surface area contributed by atoms with Gasteiger partial charge in [-0.2, -0.15) is 11.8 Å². The van der Waals surface area contributed by atoms with Crippen molar-refractivity contribution < 1.29 is 4.79 Å². The van der Waals surface area contributed by atoms with Crippen molar-refractivity contribution in [1.82, 2.24) is 10.3 Å². The summed E-state index contributed by atoms with van der Waals surface area (Å²) in [6.07, 6.45) is 8.54. The third kappa shape index (κ3) is 6.80. The Labute approximate surface area is 126 Å². The van der Waals surface area contributed by atoms with Crippen molar-refractivity contribution in [3.05, 3.63) is 23.9 Å². The molecule has 1 rings (SSSR count). The number of nitrogens with one attached hydrogen (secondary N) is 2. The smallest absolute Gasteiger partial charge is 0.251 e. The monoisotopic (exact) mass is 295 g/mol. The number of thioether (sulfide) groups is 1. The molecule has 5 heteroatoms. The first-order chi connectivity index (χ1) is 9.77. The van der Waals surface area contributed by atoms with Gasteiger partial charge in [-0.05, 0) is 43.9 Å². The van der Waals surface area contributed by atoms with E-state index in [1.807, 2.05) is 18.7 Å². The minimum atomic E-state index is -0.0179. The van der Waals surface area contributed by atoms with Crippen molar-refractivity contribution >= 4 is 23.5 Å². The van der Waals surface area contributed by atoms with Gasteiger partial charge < -0.3 is 10.6 Å². The third-order valence-corrected chi connectivity index (χ3v) is 3.64. The maximum atomic E-state index is 12.0. The molecular weight excluding hydrogens is 270 g/mol. The molecule has 1 heterocycles. The number of amides is 1. The van der Waals surface area contributed by atoms with E-state index in [9.17, 15) is 4.79 Å². The largest absolute Gasteiger partial charge is 0.370 e. The van der Waals surface area contributed by atoms with Crippen molar-refractivity contribution in [1.29, 1.82) is 0 Å². The molecule has 1 aromatic rings. The van der Waals surface area contributed by atoms with Crippen molar-refractivity contribution in [2.24, 2.45) is 0 Å². The number of anilines is 1. The summed E-state index contributed by atoms with van der Waals surface area (Å²) >= 11 is 1.89. The minimum Gasteiger partial charge on any atom is -0.370 e. The van der Waals surface area contributed by atoms with Gasteiger partial charge in [0.15, 0.2) is 0 Å². The van der Waals surface area contributed by atoms with Crippen LogP contribution < -0.4 is 10.6 Å². The molecule has 0 aliphatic rings. The summed E-state index contributed by atoms with van der Waals surface area (Å²) in [7, 11) is 0. The summed E-state index contributed by atoms with van der Waals surface area (Å²) in [6, 6.07) is 3.53. The number of aromatic nitrogens is 1. The summed E-state index contributed by atoms with van der Waals surface area (Å²) in [5.41, 5.74) is 0.665. The number of nitrogens with zero attached hydrogens (tertiary/aromatic N) is 1. The van der Waals surface area contributed by atoms with Gasteiger partial charge in [0, 0.05) is 24.8 Å². The number of hydrogen-bond donors (Lipinski definition) is 2. The molecule has 0 spiro atoms. The van der Waals surface area contributed by atoms with Gasteiger partial charge in [0.25, 0.3) is 5.91 Å². The maximum Gasteiger partial charge on any atom is 0.251 e. The van der Waals surface area contributed by atoms with Crippen LogP contribution in [0.4, 0.5) is 5.82 Å². The van der Waals surface area contributed by atoms with Crippen molar-refractivity contribution in [3.63, 3.8) is 0 Å². The van der Waals surface area contributed by atoms with Crippen LogP contribution in [0, 0.1) is 0 Å². The maximum absolute atomic E-state index is 12.0. The van der Waals surface area contributed by atoms with Gasteiger partial charge in [-0.3, -0.25) is 4.79 Å². The molecule has 4 nitrogen and oxygen atoms in total. The van der Waals surface area contributed by atoms with Gasteiger partial charge in [-0.25, -0.2) is 4.98 Å². The van der Waals surface area contributed by atoms with Crippen molar-refractivity contribution in [3.8, 4) is 0 Å². The molecule has 112 valence electrons. The van der Waals surface area contributed by atoms with Gasteiger partial charge in [0.2, 0.25) is 0 Å². The Morgan fingerprint density at radius 1 is 1.30 bits per heavy atom. The van der Waals surface area contributed by atoms with E-state index >= 15 is 0 Å². The molecule has 0 bridgehead atoms. The predicted molar refractivity (Wildman–Crippen MR) is 87.6 cm³/mol. The van der Waals surface area contributed by atoms with E-state index in [1.165, 1.54) is 25.0 Å². The van der Waals surface area contributed by atoms with Crippen LogP contribution in [0.3, 0.4) is 0 Å². The molecule has 0 radical (unpaired) electrons. The Hall–Kier alpha value is -1.23. The molecule has 0 aromatic carbocycles. The lowest BCUT2D eigenvalue weighted by atomic mass is 10.2. The van der Waals surface area contributed by atoms with Gasteiger partial charge >= 0.3 is 0 Å². The molecule has 0 saturated heterocycles. The normalized spacial score (nSPS) is 10.3. The van der Waals surface area contributed by atoms with Crippen molar-refractivity contribution in [2.45, 2.75) is 32.6 Å². The molecule has 0 aliphatic carbocycles. The highest BCUT2D eigenvalue weighted by Crippen LogP contribution is 2.07. The number of pyridine rings is 1. The molecule has 1 aromatic heterocycles. The molecule has 0 aliphatic heterocycles. The lowest BCUT2D eigenvalue weighted by Crippen LogP contribution is -2.24. The zero-order valence-electron chi connectivity index (χ0n) is 12.4. The Bertz CT molecular complexity index is 398. The molecule has 0 fully saturated rings. The molecule has 0 unspecified atom stereocenters. The molecule has 1 amide bonds. The summed E-state index contributed by atoms with van der Waals surface area (Å²) in [5, 5.41) is 6.07.